The number of benzene rings is 7. The molecule has 1 heterocycles. The molecule has 7 aromatic carbocycles. The van der Waals surface area contributed by atoms with Crippen LogP contribution in [0.1, 0.15) is 0 Å². The van der Waals surface area contributed by atoms with Crippen molar-refractivity contribution in [3.8, 4) is 39.3 Å². The molecular formula is C39H25NO. The molecule has 0 amide bonds. The highest BCUT2D eigenvalue weighted by Crippen LogP contribution is 2.48. The summed E-state index contributed by atoms with van der Waals surface area (Å²) in [5, 5.41) is 20.4. The molecule has 0 saturated heterocycles. The second-order valence-electron chi connectivity index (χ2n) is 10.5. The number of phenols is 1. The number of pyridine rings is 1. The van der Waals surface area contributed by atoms with Gasteiger partial charge in [-0.2, -0.15) is 0 Å². The van der Waals surface area contributed by atoms with Crippen molar-refractivity contribution < 1.29 is 5.11 Å². The van der Waals surface area contributed by atoms with Crippen molar-refractivity contribution in [1.82, 2.24) is 4.98 Å². The van der Waals surface area contributed by atoms with Crippen LogP contribution in [0.2, 0.25) is 0 Å². The van der Waals surface area contributed by atoms with Crippen molar-refractivity contribution >= 4 is 43.1 Å². The van der Waals surface area contributed by atoms with E-state index in [9.17, 15) is 5.11 Å². The van der Waals surface area contributed by atoms with Gasteiger partial charge in [0.05, 0.1) is 5.69 Å². The van der Waals surface area contributed by atoms with E-state index >= 15 is 0 Å². The number of hydrogen-bond acceptors (Lipinski definition) is 2. The Hall–Kier alpha value is -5.47. The Morgan fingerprint density at radius 2 is 0.805 bits per heavy atom. The van der Waals surface area contributed by atoms with Crippen LogP contribution in [0.4, 0.5) is 0 Å². The van der Waals surface area contributed by atoms with E-state index in [0.29, 0.717) is 0 Å². The quantitative estimate of drug-likeness (QED) is 0.250. The summed E-state index contributed by atoms with van der Waals surface area (Å²) in [5.41, 5.74) is 6.06. The standard InChI is InChI=1S/C39H25NO/c41-35-22-19-27-11-3-7-15-31(27)38(35)36-29-13-5-1-9-25(29)17-20-33(36)34-21-18-26-10-2-6-14-30(26)37(34)39-32-16-8-4-12-28(32)23-24-40-39/h1-24,41H. The summed E-state index contributed by atoms with van der Waals surface area (Å²) in [7, 11) is 0. The fourth-order valence-corrected chi connectivity index (χ4v) is 6.36. The number of nitrogens with zero attached hydrogens (tertiary/aromatic N) is 1. The third-order valence-corrected chi connectivity index (χ3v) is 8.22. The summed E-state index contributed by atoms with van der Waals surface area (Å²) in [4.78, 5) is 5.00. The lowest BCUT2D eigenvalue weighted by Gasteiger charge is -2.21. The highest BCUT2D eigenvalue weighted by atomic mass is 16.3. The van der Waals surface area contributed by atoms with Crippen LogP contribution in [0.25, 0.3) is 76.6 Å². The zero-order valence-electron chi connectivity index (χ0n) is 22.3. The number of rotatable bonds is 3. The molecule has 0 aliphatic rings. The van der Waals surface area contributed by atoms with Gasteiger partial charge in [-0.05, 0) is 61.0 Å². The Bertz CT molecular complexity index is 2280. The summed E-state index contributed by atoms with van der Waals surface area (Å²) in [5.74, 6) is 0.270. The van der Waals surface area contributed by atoms with Crippen molar-refractivity contribution in [2.75, 3.05) is 0 Å². The van der Waals surface area contributed by atoms with Crippen molar-refractivity contribution in [2.45, 2.75) is 0 Å². The van der Waals surface area contributed by atoms with E-state index in [0.717, 1.165) is 76.6 Å². The van der Waals surface area contributed by atoms with Gasteiger partial charge >= 0.3 is 0 Å². The third kappa shape index (κ3) is 3.69. The van der Waals surface area contributed by atoms with Crippen LogP contribution in [-0.2, 0) is 0 Å². The Morgan fingerprint density at radius 1 is 0.366 bits per heavy atom. The van der Waals surface area contributed by atoms with Gasteiger partial charge in [0.2, 0.25) is 0 Å². The molecule has 8 aromatic rings. The van der Waals surface area contributed by atoms with Gasteiger partial charge in [0.25, 0.3) is 0 Å². The fraction of sp³-hybridized carbons (Fsp3) is 0. The molecule has 2 nitrogen and oxygen atoms in total. The maximum atomic E-state index is 11.5. The third-order valence-electron chi connectivity index (χ3n) is 8.22. The molecule has 2 heteroatoms. The molecule has 0 atom stereocenters. The van der Waals surface area contributed by atoms with E-state index in [2.05, 4.69) is 115 Å². The van der Waals surface area contributed by atoms with E-state index in [1.807, 2.05) is 30.5 Å². The summed E-state index contributed by atoms with van der Waals surface area (Å²) in [6, 6.07) is 48.4. The monoisotopic (exact) mass is 523 g/mol. The van der Waals surface area contributed by atoms with Gasteiger partial charge < -0.3 is 5.11 Å². The van der Waals surface area contributed by atoms with E-state index in [-0.39, 0.29) is 5.75 Å². The highest BCUT2D eigenvalue weighted by molar-refractivity contribution is 6.16. The molecule has 0 aliphatic heterocycles. The average molecular weight is 524 g/mol. The molecular weight excluding hydrogens is 498 g/mol. The van der Waals surface area contributed by atoms with Crippen LogP contribution in [0.15, 0.2) is 146 Å². The van der Waals surface area contributed by atoms with Crippen molar-refractivity contribution in [2.24, 2.45) is 0 Å². The van der Waals surface area contributed by atoms with Gasteiger partial charge in [-0.25, -0.2) is 0 Å². The highest BCUT2D eigenvalue weighted by Gasteiger charge is 2.22. The number of phenolic OH excluding ortho intramolecular Hbond substituents is 1. The number of aromatic nitrogens is 1. The van der Waals surface area contributed by atoms with Gasteiger partial charge in [-0.15, -0.1) is 0 Å². The molecule has 1 aromatic heterocycles. The number of fused-ring (bicyclic) bond motifs is 4. The molecule has 1 N–H and O–H groups in total. The largest absolute Gasteiger partial charge is 0.507 e. The predicted octanol–water partition coefficient (Wildman–Crippen LogP) is 10.4. The van der Waals surface area contributed by atoms with E-state index < -0.39 is 0 Å². The predicted molar refractivity (Wildman–Crippen MR) is 172 cm³/mol. The molecule has 0 bridgehead atoms. The number of aromatic hydroxyl groups is 1. The molecule has 0 saturated carbocycles. The lowest BCUT2D eigenvalue weighted by molar-refractivity contribution is 0.478. The maximum Gasteiger partial charge on any atom is 0.124 e. The Balaban J connectivity index is 1.56. The van der Waals surface area contributed by atoms with Crippen molar-refractivity contribution in [3.63, 3.8) is 0 Å². The van der Waals surface area contributed by atoms with Gasteiger partial charge in [0, 0.05) is 28.3 Å². The van der Waals surface area contributed by atoms with Crippen LogP contribution >= 0.6 is 0 Å². The smallest absolute Gasteiger partial charge is 0.124 e. The second kappa shape index (κ2) is 9.32. The van der Waals surface area contributed by atoms with E-state index in [1.54, 1.807) is 0 Å². The summed E-state index contributed by atoms with van der Waals surface area (Å²) >= 11 is 0. The fourth-order valence-electron chi connectivity index (χ4n) is 6.36. The Kier molecular flexibility index (Phi) is 5.33. The molecule has 8 rings (SSSR count). The lowest BCUT2D eigenvalue weighted by Crippen LogP contribution is -1.95. The lowest BCUT2D eigenvalue weighted by atomic mass is 9.83. The Labute approximate surface area is 237 Å². The molecule has 0 aliphatic carbocycles. The molecule has 0 fully saturated rings. The molecule has 0 spiro atoms. The molecule has 41 heavy (non-hydrogen) atoms. The van der Waals surface area contributed by atoms with Crippen LogP contribution in [0, 0.1) is 0 Å². The molecule has 192 valence electrons. The molecule has 0 radical (unpaired) electrons. The first kappa shape index (κ1) is 23.4. The SMILES string of the molecule is Oc1ccc2ccccc2c1-c1c(-c2ccc3ccccc3c2-c2nccc3ccccc23)ccc2ccccc12. The van der Waals surface area contributed by atoms with Gasteiger partial charge in [0.15, 0.2) is 0 Å². The Morgan fingerprint density at radius 3 is 1.41 bits per heavy atom. The minimum atomic E-state index is 0.270. The number of hydrogen-bond donors (Lipinski definition) is 1. The minimum absolute atomic E-state index is 0.270. The maximum absolute atomic E-state index is 11.5. The van der Waals surface area contributed by atoms with E-state index in [1.165, 1.54) is 0 Å². The first-order chi connectivity index (χ1) is 20.3. The molecule has 0 unspecified atom stereocenters. The van der Waals surface area contributed by atoms with Gasteiger partial charge in [-0.3, -0.25) is 4.98 Å². The van der Waals surface area contributed by atoms with Gasteiger partial charge in [0.1, 0.15) is 5.75 Å². The summed E-state index contributed by atoms with van der Waals surface area (Å²) in [6.07, 6.45) is 1.90. The summed E-state index contributed by atoms with van der Waals surface area (Å²) < 4.78 is 0. The van der Waals surface area contributed by atoms with Crippen LogP contribution < -0.4 is 0 Å². The summed E-state index contributed by atoms with van der Waals surface area (Å²) in [6.45, 7) is 0. The van der Waals surface area contributed by atoms with Crippen molar-refractivity contribution in [3.05, 3.63) is 146 Å². The van der Waals surface area contributed by atoms with E-state index in [4.69, 9.17) is 4.98 Å². The zero-order valence-corrected chi connectivity index (χ0v) is 22.3. The van der Waals surface area contributed by atoms with Crippen molar-refractivity contribution in [1.29, 1.82) is 0 Å². The topological polar surface area (TPSA) is 33.1 Å². The first-order valence-electron chi connectivity index (χ1n) is 13.9. The average Bonchev–Trinajstić information content (AvgIpc) is 3.04. The van der Waals surface area contributed by atoms with Crippen LogP contribution in [-0.4, -0.2) is 10.1 Å². The van der Waals surface area contributed by atoms with Gasteiger partial charge in [-0.1, -0.05) is 127 Å². The zero-order chi connectivity index (χ0) is 27.3. The first-order valence-corrected chi connectivity index (χ1v) is 13.9. The normalized spacial score (nSPS) is 11.5. The van der Waals surface area contributed by atoms with Crippen LogP contribution in [0.5, 0.6) is 5.75 Å². The van der Waals surface area contributed by atoms with Crippen LogP contribution in [0.3, 0.4) is 0 Å². The minimum Gasteiger partial charge on any atom is -0.507 e. The second-order valence-corrected chi connectivity index (χ2v) is 10.5.